The first-order valence-corrected chi connectivity index (χ1v) is 6.83. The van der Waals surface area contributed by atoms with Gasteiger partial charge in [-0.1, -0.05) is 30.3 Å². The number of hydrogen-bond acceptors (Lipinski definition) is 2. The largest absolute Gasteiger partial charge is 0.355 e. The molecule has 1 spiro atoms. The predicted molar refractivity (Wildman–Crippen MR) is 71.3 cm³/mol. The van der Waals surface area contributed by atoms with E-state index in [2.05, 4.69) is 41.0 Å². The molecule has 0 aliphatic carbocycles. The maximum atomic E-state index is 11.8. The molecule has 3 heteroatoms. The minimum Gasteiger partial charge on any atom is -0.355 e. The van der Waals surface area contributed by atoms with Crippen molar-refractivity contribution in [3.8, 4) is 0 Å². The first-order chi connectivity index (χ1) is 8.80. The maximum Gasteiger partial charge on any atom is 0.220 e. The fourth-order valence-electron chi connectivity index (χ4n) is 3.54. The molecule has 2 aliphatic heterocycles. The summed E-state index contributed by atoms with van der Waals surface area (Å²) in [6.45, 7) is 2.87. The van der Waals surface area contributed by atoms with E-state index in [0.717, 1.165) is 32.5 Å². The van der Waals surface area contributed by atoms with Crippen LogP contribution >= 0.6 is 0 Å². The topological polar surface area (TPSA) is 41.1 Å². The first-order valence-electron chi connectivity index (χ1n) is 6.83. The van der Waals surface area contributed by atoms with E-state index in [0.29, 0.717) is 12.3 Å². The van der Waals surface area contributed by atoms with E-state index in [1.54, 1.807) is 0 Å². The summed E-state index contributed by atoms with van der Waals surface area (Å²) in [4.78, 5) is 11.8. The molecule has 2 N–H and O–H groups in total. The number of benzene rings is 1. The van der Waals surface area contributed by atoms with Crippen molar-refractivity contribution in [3.63, 3.8) is 0 Å². The number of piperidine rings is 2. The standard InChI is InChI=1S/C15H20N2O/c18-14-10-15(6-8-16-9-7-15)13(11-17-14)12-4-2-1-3-5-12/h1-5,13,16H,6-11H2,(H,17,18). The highest BCUT2D eigenvalue weighted by atomic mass is 16.1. The van der Waals surface area contributed by atoms with Gasteiger partial charge >= 0.3 is 0 Å². The second-order valence-corrected chi connectivity index (χ2v) is 5.56. The molecule has 1 atom stereocenters. The molecule has 2 heterocycles. The molecule has 0 bridgehead atoms. The zero-order chi connectivity index (χ0) is 12.4. The van der Waals surface area contributed by atoms with Gasteiger partial charge < -0.3 is 10.6 Å². The Labute approximate surface area is 108 Å². The van der Waals surface area contributed by atoms with Gasteiger partial charge in [-0.05, 0) is 36.9 Å². The predicted octanol–water partition coefficient (Wildman–Crippen LogP) is 1.66. The number of nitrogens with one attached hydrogen (secondary N) is 2. The summed E-state index contributed by atoms with van der Waals surface area (Å²) in [5.74, 6) is 0.697. The van der Waals surface area contributed by atoms with Gasteiger partial charge in [0.15, 0.2) is 0 Å². The zero-order valence-corrected chi connectivity index (χ0v) is 10.6. The molecule has 1 aromatic carbocycles. The molecule has 1 aromatic rings. The molecule has 3 nitrogen and oxygen atoms in total. The Kier molecular flexibility index (Phi) is 3.08. The van der Waals surface area contributed by atoms with Crippen LogP contribution in [0.25, 0.3) is 0 Å². The molecule has 2 saturated heterocycles. The van der Waals surface area contributed by atoms with Crippen LogP contribution in [0, 0.1) is 5.41 Å². The molecule has 1 amide bonds. The second kappa shape index (κ2) is 4.73. The zero-order valence-electron chi connectivity index (χ0n) is 10.6. The lowest BCUT2D eigenvalue weighted by atomic mass is 9.63. The summed E-state index contributed by atoms with van der Waals surface area (Å²) < 4.78 is 0. The average Bonchev–Trinajstić information content (AvgIpc) is 2.40. The monoisotopic (exact) mass is 244 g/mol. The van der Waals surface area contributed by atoms with Crippen LogP contribution < -0.4 is 10.6 Å². The van der Waals surface area contributed by atoms with Crippen LogP contribution in [0.4, 0.5) is 0 Å². The maximum absolute atomic E-state index is 11.8. The summed E-state index contributed by atoms with van der Waals surface area (Å²) in [5.41, 5.74) is 1.55. The molecule has 0 aromatic heterocycles. The number of hydrogen-bond donors (Lipinski definition) is 2. The van der Waals surface area contributed by atoms with Crippen LogP contribution in [0.15, 0.2) is 30.3 Å². The number of rotatable bonds is 1. The Morgan fingerprint density at radius 3 is 2.56 bits per heavy atom. The smallest absolute Gasteiger partial charge is 0.220 e. The summed E-state index contributed by atoms with van der Waals surface area (Å²) >= 11 is 0. The molecule has 18 heavy (non-hydrogen) atoms. The van der Waals surface area contributed by atoms with E-state index < -0.39 is 0 Å². The Balaban J connectivity index is 1.93. The van der Waals surface area contributed by atoms with E-state index in [1.165, 1.54) is 5.56 Å². The lowest BCUT2D eigenvalue weighted by Crippen LogP contribution is -2.51. The fourth-order valence-corrected chi connectivity index (χ4v) is 3.54. The average molecular weight is 244 g/mol. The molecule has 0 saturated carbocycles. The van der Waals surface area contributed by atoms with Gasteiger partial charge in [-0.2, -0.15) is 0 Å². The third kappa shape index (κ3) is 2.03. The van der Waals surface area contributed by atoms with Crippen molar-refractivity contribution < 1.29 is 4.79 Å². The quantitative estimate of drug-likeness (QED) is 0.789. The highest BCUT2D eigenvalue weighted by molar-refractivity contribution is 5.78. The highest BCUT2D eigenvalue weighted by Gasteiger charge is 2.44. The normalized spacial score (nSPS) is 26.9. The van der Waals surface area contributed by atoms with Crippen molar-refractivity contribution in [1.82, 2.24) is 10.6 Å². The van der Waals surface area contributed by atoms with Gasteiger partial charge in [0.2, 0.25) is 5.91 Å². The molecule has 0 radical (unpaired) electrons. The van der Waals surface area contributed by atoms with E-state index in [-0.39, 0.29) is 11.3 Å². The van der Waals surface area contributed by atoms with Gasteiger partial charge in [-0.3, -0.25) is 4.79 Å². The lowest BCUT2D eigenvalue weighted by Gasteiger charge is -2.46. The number of carbonyl (C=O) groups excluding carboxylic acids is 1. The van der Waals surface area contributed by atoms with Crippen LogP contribution in [0.2, 0.25) is 0 Å². The highest BCUT2D eigenvalue weighted by Crippen LogP contribution is 2.47. The minimum atomic E-state index is 0.176. The van der Waals surface area contributed by atoms with Gasteiger partial charge in [0.25, 0.3) is 0 Å². The summed E-state index contributed by atoms with van der Waals surface area (Å²) in [6.07, 6.45) is 2.91. The summed E-state index contributed by atoms with van der Waals surface area (Å²) in [7, 11) is 0. The molecule has 2 aliphatic rings. The Hall–Kier alpha value is -1.35. The SMILES string of the molecule is O=C1CC2(CCNCC2)C(c2ccccc2)CN1. The van der Waals surface area contributed by atoms with Crippen LogP contribution in [0.5, 0.6) is 0 Å². The van der Waals surface area contributed by atoms with Crippen molar-refractivity contribution in [1.29, 1.82) is 0 Å². The van der Waals surface area contributed by atoms with Crippen molar-refractivity contribution in [3.05, 3.63) is 35.9 Å². The van der Waals surface area contributed by atoms with Gasteiger partial charge in [0.1, 0.15) is 0 Å². The van der Waals surface area contributed by atoms with E-state index >= 15 is 0 Å². The van der Waals surface area contributed by atoms with Crippen LogP contribution in [-0.4, -0.2) is 25.5 Å². The van der Waals surface area contributed by atoms with E-state index in [1.807, 2.05) is 0 Å². The molecule has 1 unspecified atom stereocenters. The number of amides is 1. The van der Waals surface area contributed by atoms with E-state index in [4.69, 9.17) is 0 Å². The van der Waals surface area contributed by atoms with Gasteiger partial charge in [-0.15, -0.1) is 0 Å². The second-order valence-electron chi connectivity index (χ2n) is 5.56. The lowest BCUT2D eigenvalue weighted by molar-refractivity contribution is -0.127. The number of carbonyl (C=O) groups is 1. The minimum absolute atomic E-state index is 0.176. The Morgan fingerprint density at radius 2 is 1.83 bits per heavy atom. The van der Waals surface area contributed by atoms with Crippen molar-refractivity contribution in [2.24, 2.45) is 5.41 Å². The van der Waals surface area contributed by atoms with Gasteiger partial charge in [-0.25, -0.2) is 0 Å². The molecular formula is C15H20N2O. The van der Waals surface area contributed by atoms with Crippen LogP contribution in [0.3, 0.4) is 0 Å². The van der Waals surface area contributed by atoms with Crippen LogP contribution in [-0.2, 0) is 4.79 Å². The third-order valence-corrected chi connectivity index (χ3v) is 4.56. The van der Waals surface area contributed by atoms with E-state index in [9.17, 15) is 4.79 Å². The Bertz CT molecular complexity index is 423. The summed E-state index contributed by atoms with van der Waals surface area (Å²) in [5, 5.41) is 6.45. The molecule has 2 fully saturated rings. The van der Waals surface area contributed by atoms with Crippen molar-refractivity contribution in [2.75, 3.05) is 19.6 Å². The van der Waals surface area contributed by atoms with Gasteiger partial charge in [0.05, 0.1) is 0 Å². The summed E-state index contributed by atoms with van der Waals surface area (Å²) in [6, 6.07) is 10.7. The third-order valence-electron chi connectivity index (χ3n) is 4.56. The Morgan fingerprint density at radius 1 is 1.11 bits per heavy atom. The van der Waals surface area contributed by atoms with Crippen LogP contribution in [0.1, 0.15) is 30.7 Å². The van der Waals surface area contributed by atoms with Crippen molar-refractivity contribution in [2.45, 2.75) is 25.2 Å². The fraction of sp³-hybridized carbons (Fsp3) is 0.533. The molecule has 96 valence electrons. The van der Waals surface area contributed by atoms with Gasteiger partial charge in [0, 0.05) is 18.9 Å². The molecular weight excluding hydrogens is 224 g/mol. The first kappa shape index (κ1) is 11.7. The van der Waals surface area contributed by atoms with Crippen molar-refractivity contribution >= 4 is 5.91 Å². The molecule has 3 rings (SSSR count).